The Morgan fingerprint density at radius 2 is 2.20 bits per heavy atom. The van der Waals surface area contributed by atoms with Crippen LogP contribution in [0.3, 0.4) is 0 Å². The van der Waals surface area contributed by atoms with Gasteiger partial charge in [-0.1, -0.05) is 32.4 Å². The van der Waals surface area contributed by atoms with Crippen LogP contribution in [0.25, 0.3) is 0 Å². The maximum absolute atomic E-state index is 6.21. The van der Waals surface area contributed by atoms with E-state index in [9.17, 15) is 0 Å². The van der Waals surface area contributed by atoms with Gasteiger partial charge in [-0.3, -0.25) is 4.90 Å². The zero-order chi connectivity index (χ0) is 14.7. The molecule has 1 unspecified atom stereocenters. The van der Waals surface area contributed by atoms with Crippen molar-refractivity contribution in [2.75, 3.05) is 26.2 Å². The molecule has 0 bridgehead atoms. The van der Waals surface area contributed by atoms with Crippen LogP contribution in [0, 0.1) is 0 Å². The van der Waals surface area contributed by atoms with Crippen molar-refractivity contribution in [2.24, 2.45) is 0 Å². The number of ether oxygens (including phenoxy) is 1. The predicted octanol–water partition coefficient (Wildman–Crippen LogP) is 3.80. The Morgan fingerprint density at radius 3 is 2.85 bits per heavy atom. The summed E-state index contributed by atoms with van der Waals surface area (Å²) < 4.78 is 6.62. The van der Waals surface area contributed by atoms with Crippen molar-refractivity contribution in [3.8, 4) is 0 Å². The number of halogens is 2. The molecular weight excluding hydrogens is 342 g/mol. The van der Waals surface area contributed by atoms with Gasteiger partial charge in [-0.15, -0.1) is 0 Å². The number of hydrogen-bond acceptors (Lipinski definition) is 4. The van der Waals surface area contributed by atoms with Crippen molar-refractivity contribution >= 4 is 27.5 Å². The van der Waals surface area contributed by atoms with Crippen LogP contribution in [0.4, 0.5) is 0 Å². The Bertz CT molecular complexity index is 468. The van der Waals surface area contributed by atoms with E-state index in [0.29, 0.717) is 16.9 Å². The molecule has 2 rings (SSSR count). The van der Waals surface area contributed by atoms with Crippen molar-refractivity contribution in [1.82, 2.24) is 14.9 Å². The van der Waals surface area contributed by atoms with E-state index in [1.54, 1.807) is 0 Å². The molecule has 4 nitrogen and oxygen atoms in total. The number of aromatic nitrogens is 2. The zero-order valence-electron chi connectivity index (χ0n) is 12.2. The van der Waals surface area contributed by atoms with Crippen LogP contribution in [0.15, 0.2) is 4.47 Å². The minimum atomic E-state index is -0.0848. The van der Waals surface area contributed by atoms with Gasteiger partial charge in [0, 0.05) is 13.1 Å². The van der Waals surface area contributed by atoms with Crippen LogP contribution < -0.4 is 0 Å². The summed E-state index contributed by atoms with van der Waals surface area (Å²) in [5.41, 5.74) is 0.941. The average Bonchev–Trinajstić information content (AvgIpc) is 2.42. The van der Waals surface area contributed by atoms with Crippen LogP contribution >= 0.6 is 27.5 Å². The lowest BCUT2D eigenvalue weighted by Crippen LogP contribution is -2.39. The highest BCUT2D eigenvalue weighted by molar-refractivity contribution is 9.10. The number of hydrogen-bond donors (Lipinski definition) is 0. The molecule has 1 aliphatic heterocycles. The summed E-state index contributed by atoms with van der Waals surface area (Å²) in [5, 5.41) is 0.468. The van der Waals surface area contributed by atoms with Gasteiger partial charge in [0.05, 0.1) is 16.8 Å². The fourth-order valence-corrected chi connectivity index (χ4v) is 3.18. The highest BCUT2D eigenvalue weighted by Crippen LogP contribution is 2.31. The lowest BCUT2D eigenvalue weighted by atomic mass is 10.1. The fraction of sp³-hybridized carbons (Fsp3) is 0.714. The molecule has 2 heterocycles. The Balaban J connectivity index is 2.23. The molecule has 0 aliphatic carbocycles. The first-order chi connectivity index (χ1) is 9.52. The third-order valence-corrected chi connectivity index (χ3v) is 4.66. The zero-order valence-corrected chi connectivity index (χ0v) is 14.5. The molecule has 1 aliphatic rings. The second kappa shape index (κ2) is 7.16. The molecule has 0 aromatic carbocycles. The topological polar surface area (TPSA) is 38.2 Å². The summed E-state index contributed by atoms with van der Waals surface area (Å²) >= 11 is 9.68. The molecule has 1 fully saturated rings. The largest absolute Gasteiger partial charge is 0.368 e. The minimum absolute atomic E-state index is 0.0848. The van der Waals surface area contributed by atoms with Crippen LogP contribution in [0.1, 0.15) is 50.7 Å². The van der Waals surface area contributed by atoms with Crippen LogP contribution in [-0.2, 0) is 4.74 Å². The molecule has 0 radical (unpaired) electrons. The maximum atomic E-state index is 6.21. The number of morpholine rings is 1. The molecule has 1 aromatic rings. The van der Waals surface area contributed by atoms with Crippen molar-refractivity contribution in [3.05, 3.63) is 21.1 Å². The quantitative estimate of drug-likeness (QED) is 0.764. The number of nitrogens with zero attached hydrogens (tertiary/aromatic N) is 3. The number of rotatable bonds is 4. The molecule has 1 atom stereocenters. The van der Waals surface area contributed by atoms with Crippen LogP contribution in [-0.4, -0.2) is 41.1 Å². The lowest BCUT2D eigenvalue weighted by molar-refractivity contribution is -0.0343. The molecule has 0 saturated carbocycles. The van der Waals surface area contributed by atoms with Crippen LogP contribution in [0.2, 0.25) is 5.15 Å². The monoisotopic (exact) mass is 361 g/mol. The van der Waals surface area contributed by atoms with Crippen molar-refractivity contribution in [1.29, 1.82) is 0 Å². The van der Waals surface area contributed by atoms with Gasteiger partial charge in [-0.2, -0.15) is 0 Å². The molecule has 0 amide bonds. The highest BCUT2D eigenvalue weighted by atomic mass is 79.9. The van der Waals surface area contributed by atoms with Gasteiger partial charge >= 0.3 is 0 Å². The molecule has 1 aromatic heterocycles. The minimum Gasteiger partial charge on any atom is -0.368 e. The molecule has 20 heavy (non-hydrogen) atoms. The predicted molar refractivity (Wildman–Crippen MR) is 84.3 cm³/mol. The van der Waals surface area contributed by atoms with E-state index >= 15 is 0 Å². The van der Waals surface area contributed by atoms with Crippen molar-refractivity contribution < 1.29 is 4.74 Å². The molecule has 6 heteroatoms. The second-order valence-electron chi connectivity index (χ2n) is 5.39. The van der Waals surface area contributed by atoms with Gasteiger partial charge in [0.2, 0.25) is 0 Å². The van der Waals surface area contributed by atoms with Gasteiger partial charge in [-0.25, -0.2) is 9.97 Å². The van der Waals surface area contributed by atoms with Gasteiger partial charge in [0.15, 0.2) is 5.82 Å². The molecule has 0 N–H and O–H groups in total. The summed E-state index contributed by atoms with van der Waals surface area (Å²) in [7, 11) is 0. The van der Waals surface area contributed by atoms with Gasteiger partial charge in [-0.05, 0) is 34.8 Å². The summed E-state index contributed by atoms with van der Waals surface area (Å²) in [4.78, 5) is 11.4. The van der Waals surface area contributed by atoms with E-state index in [-0.39, 0.29) is 6.10 Å². The summed E-state index contributed by atoms with van der Waals surface area (Å²) in [6.07, 6.45) is 1.06. The van der Waals surface area contributed by atoms with E-state index in [4.69, 9.17) is 16.3 Å². The first-order valence-corrected chi connectivity index (χ1v) is 8.26. The normalized spacial score (nSPS) is 20.6. The summed E-state index contributed by atoms with van der Waals surface area (Å²) in [5.74, 6) is 0.988. The van der Waals surface area contributed by atoms with E-state index < -0.39 is 0 Å². The first kappa shape index (κ1) is 16.1. The van der Waals surface area contributed by atoms with Gasteiger partial charge in [0.25, 0.3) is 0 Å². The third-order valence-electron chi connectivity index (χ3n) is 3.38. The Hall–Kier alpha value is -0.230. The smallest absolute Gasteiger partial charge is 0.160 e. The lowest BCUT2D eigenvalue weighted by Gasteiger charge is -2.32. The first-order valence-electron chi connectivity index (χ1n) is 7.09. The van der Waals surface area contributed by atoms with Crippen molar-refractivity contribution in [2.45, 2.75) is 39.2 Å². The van der Waals surface area contributed by atoms with Crippen molar-refractivity contribution in [3.63, 3.8) is 0 Å². The molecule has 112 valence electrons. The molecular formula is C14H21BrClN3O. The van der Waals surface area contributed by atoms with E-state index in [1.165, 1.54) is 0 Å². The SMILES string of the molecule is CCCN1CCOC(c2nc(Cl)c(Br)c(C(C)C)n2)C1. The average molecular weight is 363 g/mol. The molecule has 1 saturated heterocycles. The summed E-state index contributed by atoms with van der Waals surface area (Å²) in [6, 6.07) is 0. The standard InChI is InChI=1S/C14H21BrClN3O/c1-4-5-19-6-7-20-10(8-19)14-17-12(9(2)3)11(15)13(16)18-14/h9-10H,4-8H2,1-3H3. The third kappa shape index (κ3) is 3.70. The van der Waals surface area contributed by atoms with E-state index in [2.05, 4.69) is 51.6 Å². The Morgan fingerprint density at radius 1 is 1.45 bits per heavy atom. The van der Waals surface area contributed by atoms with E-state index in [0.717, 1.165) is 42.8 Å². The highest BCUT2D eigenvalue weighted by Gasteiger charge is 2.26. The molecule has 0 spiro atoms. The maximum Gasteiger partial charge on any atom is 0.160 e. The van der Waals surface area contributed by atoms with Gasteiger partial charge in [0.1, 0.15) is 11.3 Å². The van der Waals surface area contributed by atoms with E-state index in [1.807, 2.05) is 0 Å². The fourth-order valence-electron chi connectivity index (χ4n) is 2.36. The van der Waals surface area contributed by atoms with Gasteiger partial charge < -0.3 is 4.74 Å². The Labute approximate surface area is 134 Å². The van der Waals surface area contributed by atoms with Crippen LogP contribution in [0.5, 0.6) is 0 Å². The summed E-state index contributed by atoms with van der Waals surface area (Å²) in [6.45, 7) is 10.00. The Kier molecular flexibility index (Phi) is 5.78. The second-order valence-corrected chi connectivity index (χ2v) is 6.54.